The fraction of sp³-hybridized carbons (Fsp3) is 0.800. The molecular weight excluding hydrogens is 156 g/mol. The highest BCUT2D eigenvalue weighted by atomic mass is 35.5. The standard InChI is InChI=1S/C10H15Cl/c11-5-1-2-9-6-8-3-4-10(9)7-8/h3-4,8-10H,1-2,5-7H2. The van der Waals surface area contributed by atoms with Gasteiger partial charge in [-0.3, -0.25) is 0 Å². The number of allylic oxidation sites excluding steroid dienone is 2. The van der Waals surface area contributed by atoms with Crippen LogP contribution in [0.4, 0.5) is 0 Å². The summed E-state index contributed by atoms with van der Waals surface area (Å²) >= 11 is 5.66. The molecule has 1 heteroatoms. The maximum Gasteiger partial charge on any atom is 0.0223 e. The van der Waals surface area contributed by atoms with E-state index in [9.17, 15) is 0 Å². The van der Waals surface area contributed by atoms with Crippen LogP contribution < -0.4 is 0 Å². The molecule has 1 saturated carbocycles. The second-order valence-electron chi connectivity index (χ2n) is 3.87. The van der Waals surface area contributed by atoms with E-state index in [1.54, 1.807) is 0 Å². The van der Waals surface area contributed by atoms with Crippen LogP contribution in [0.25, 0.3) is 0 Å². The van der Waals surface area contributed by atoms with Gasteiger partial charge in [-0.2, -0.15) is 0 Å². The molecule has 0 aromatic rings. The molecule has 2 aliphatic carbocycles. The lowest BCUT2D eigenvalue weighted by molar-refractivity contribution is 0.413. The second-order valence-corrected chi connectivity index (χ2v) is 4.25. The van der Waals surface area contributed by atoms with Crippen molar-refractivity contribution in [2.75, 3.05) is 5.88 Å². The highest BCUT2D eigenvalue weighted by Gasteiger charge is 2.34. The molecule has 0 aromatic heterocycles. The average molecular weight is 171 g/mol. The molecule has 2 bridgehead atoms. The topological polar surface area (TPSA) is 0 Å². The molecule has 3 unspecified atom stereocenters. The maximum absolute atomic E-state index is 5.66. The normalized spacial score (nSPS) is 40.3. The summed E-state index contributed by atoms with van der Waals surface area (Å²) < 4.78 is 0. The van der Waals surface area contributed by atoms with Gasteiger partial charge >= 0.3 is 0 Å². The smallest absolute Gasteiger partial charge is 0.0223 e. The first-order valence-corrected chi connectivity index (χ1v) is 5.18. The van der Waals surface area contributed by atoms with Crippen LogP contribution in [0.5, 0.6) is 0 Å². The first-order valence-electron chi connectivity index (χ1n) is 4.64. The lowest BCUT2D eigenvalue weighted by Crippen LogP contribution is -2.06. The summed E-state index contributed by atoms with van der Waals surface area (Å²) in [7, 11) is 0. The van der Waals surface area contributed by atoms with Crippen molar-refractivity contribution < 1.29 is 0 Å². The molecule has 0 aromatic carbocycles. The van der Waals surface area contributed by atoms with Crippen LogP contribution in [0.3, 0.4) is 0 Å². The Hall–Kier alpha value is 0.0300. The molecule has 3 atom stereocenters. The largest absolute Gasteiger partial charge is 0.127 e. The van der Waals surface area contributed by atoms with E-state index in [1.165, 1.54) is 25.7 Å². The molecule has 0 saturated heterocycles. The van der Waals surface area contributed by atoms with E-state index < -0.39 is 0 Å². The van der Waals surface area contributed by atoms with E-state index in [2.05, 4.69) is 12.2 Å². The third-order valence-corrected chi connectivity index (χ3v) is 3.39. The first kappa shape index (κ1) is 7.67. The minimum Gasteiger partial charge on any atom is -0.127 e. The van der Waals surface area contributed by atoms with Gasteiger partial charge in [0.2, 0.25) is 0 Å². The van der Waals surface area contributed by atoms with Crippen molar-refractivity contribution in [1.29, 1.82) is 0 Å². The quantitative estimate of drug-likeness (QED) is 0.451. The molecule has 0 radical (unpaired) electrons. The van der Waals surface area contributed by atoms with E-state index >= 15 is 0 Å². The van der Waals surface area contributed by atoms with Gasteiger partial charge in [-0.25, -0.2) is 0 Å². The third kappa shape index (κ3) is 1.46. The van der Waals surface area contributed by atoms with Crippen molar-refractivity contribution in [2.45, 2.75) is 25.7 Å². The number of halogens is 1. The van der Waals surface area contributed by atoms with E-state index in [4.69, 9.17) is 11.6 Å². The highest BCUT2D eigenvalue weighted by molar-refractivity contribution is 6.17. The Labute approximate surface area is 73.6 Å². The molecule has 0 N–H and O–H groups in total. The van der Waals surface area contributed by atoms with Gasteiger partial charge in [0.05, 0.1) is 0 Å². The Bertz CT molecular complexity index is 162. The summed E-state index contributed by atoms with van der Waals surface area (Å²) in [6.07, 6.45) is 10.3. The predicted octanol–water partition coefficient (Wildman–Crippen LogP) is 3.22. The van der Waals surface area contributed by atoms with Crippen LogP contribution in [-0.2, 0) is 0 Å². The molecule has 0 amide bonds. The Morgan fingerprint density at radius 1 is 1.27 bits per heavy atom. The predicted molar refractivity (Wildman–Crippen MR) is 48.8 cm³/mol. The van der Waals surface area contributed by atoms with Crippen molar-refractivity contribution >= 4 is 11.6 Å². The van der Waals surface area contributed by atoms with Gasteiger partial charge in [-0.05, 0) is 43.4 Å². The number of alkyl halides is 1. The number of fused-ring (bicyclic) bond motifs is 2. The van der Waals surface area contributed by atoms with Gasteiger partial charge in [0.15, 0.2) is 0 Å². The molecule has 0 spiro atoms. The van der Waals surface area contributed by atoms with Gasteiger partial charge in [0.25, 0.3) is 0 Å². The van der Waals surface area contributed by atoms with Gasteiger partial charge in [-0.15, -0.1) is 11.6 Å². The Balaban J connectivity index is 1.84. The Morgan fingerprint density at radius 2 is 2.18 bits per heavy atom. The Kier molecular flexibility index (Phi) is 2.22. The zero-order chi connectivity index (χ0) is 7.68. The van der Waals surface area contributed by atoms with Crippen LogP contribution in [0.15, 0.2) is 12.2 Å². The van der Waals surface area contributed by atoms with Crippen LogP contribution in [-0.4, -0.2) is 5.88 Å². The molecule has 0 heterocycles. The van der Waals surface area contributed by atoms with Crippen molar-refractivity contribution in [3.05, 3.63) is 12.2 Å². The molecule has 2 rings (SSSR count). The lowest BCUT2D eigenvalue weighted by atomic mass is 9.90. The van der Waals surface area contributed by atoms with Crippen molar-refractivity contribution in [1.82, 2.24) is 0 Å². The minimum absolute atomic E-state index is 0.845. The van der Waals surface area contributed by atoms with E-state index in [-0.39, 0.29) is 0 Å². The first-order chi connectivity index (χ1) is 5.40. The van der Waals surface area contributed by atoms with Crippen molar-refractivity contribution in [3.63, 3.8) is 0 Å². The van der Waals surface area contributed by atoms with Crippen LogP contribution in [0.1, 0.15) is 25.7 Å². The molecule has 0 nitrogen and oxygen atoms in total. The molecule has 0 aliphatic heterocycles. The zero-order valence-corrected chi connectivity index (χ0v) is 7.56. The summed E-state index contributed by atoms with van der Waals surface area (Å²) in [5, 5.41) is 0. The van der Waals surface area contributed by atoms with Crippen LogP contribution in [0, 0.1) is 17.8 Å². The molecule has 1 fully saturated rings. The number of hydrogen-bond acceptors (Lipinski definition) is 0. The van der Waals surface area contributed by atoms with Gasteiger partial charge in [0, 0.05) is 5.88 Å². The maximum atomic E-state index is 5.66. The van der Waals surface area contributed by atoms with Gasteiger partial charge in [0.1, 0.15) is 0 Å². The summed E-state index contributed by atoms with van der Waals surface area (Å²) in [4.78, 5) is 0. The summed E-state index contributed by atoms with van der Waals surface area (Å²) in [6.45, 7) is 0. The van der Waals surface area contributed by atoms with Crippen molar-refractivity contribution in [3.8, 4) is 0 Å². The summed E-state index contributed by atoms with van der Waals surface area (Å²) in [5.41, 5.74) is 0. The van der Waals surface area contributed by atoms with Crippen LogP contribution in [0.2, 0.25) is 0 Å². The third-order valence-electron chi connectivity index (χ3n) is 3.12. The zero-order valence-electron chi connectivity index (χ0n) is 6.80. The van der Waals surface area contributed by atoms with Gasteiger partial charge in [-0.1, -0.05) is 12.2 Å². The molecule has 2 aliphatic rings. The average Bonchev–Trinajstić information content (AvgIpc) is 2.60. The van der Waals surface area contributed by atoms with Crippen LogP contribution >= 0.6 is 11.6 Å². The fourth-order valence-electron chi connectivity index (χ4n) is 2.57. The molecule has 11 heavy (non-hydrogen) atoms. The van der Waals surface area contributed by atoms with E-state index in [1.807, 2.05) is 0 Å². The van der Waals surface area contributed by atoms with Gasteiger partial charge < -0.3 is 0 Å². The van der Waals surface area contributed by atoms with E-state index in [0.717, 1.165) is 23.6 Å². The minimum atomic E-state index is 0.845. The van der Waals surface area contributed by atoms with Crippen molar-refractivity contribution in [2.24, 2.45) is 17.8 Å². The monoisotopic (exact) mass is 170 g/mol. The lowest BCUT2D eigenvalue weighted by Gasteiger charge is -2.16. The summed E-state index contributed by atoms with van der Waals surface area (Å²) in [6, 6.07) is 0. The molecule has 62 valence electrons. The Morgan fingerprint density at radius 3 is 2.73 bits per heavy atom. The summed E-state index contributed by atoms with van der Waals surface area (Å²) in [5.74, 6) is 3.67. The SMILES string of the molecule is ClCCCC1CC2C=CC1C2. The molecular formula is C10H15Cl. The highest BCUT2D eigenvalue weighted by Crippen LogP contribution is 2.45. The second kappa shape index (κ2) is 3.18. The van der Waals surface area contributed by atoms with E-state index in [0.29, 0.717) is 0 Å². The number of hydrogen-bond donors (Lipinski definition) is 0. The fourth-order valence-corrected chi connectivity index (χ4v) is 2.72. The number of rotatable bonds is 3.